The summed E-state index contributed by atoms with van der Waals surface area (Å²) in [6.07, 6.45) is 5.08. The van der Waals surface area contributed by atoms with Crippen molar-refractivity contribution in [3.8, 4) is 62.1 Å². The van der Waals surface area contributed by atoms with E-state index in [4.69, 9.17) is 19.4 Å². The van der Waals surface area contributed by atoms with Crippen LogP contribution in [0.5, 0.6) is 0 Å². The lowest BCUT2D eigenvalue weighted by Crippen LogP contribution is -2.00. The summed E-state index contributed by atoms with van der Waals surface area (Å²) in [5.41, 5.74) is 12.9. The van der Waals surface area contributed by atoms with E-state index in [1.54, 1.807) is 0 Å². The van der Waals surface area contributed by atoms with Crippen LogP contribution >= 0.6 is 0 Å². The van der Waals surface area contributed by atoms with Crippen LogP contribution in [0.1, 0.15) is 25.2 Å². The van der Waals surface area contributed by atoms with E-state index in [1.165, 1.54) is 21.9 Å². The number of hydrogen-bond donors (Lipinski definition) is 0. The summed E-state index contributed by atoms with van der Waals surface area (Å²) < 4.78 is 8.71. The molecule has 57 heavy (non-hydrogen) atoms. The Morgan fingerprint density at radius 2 is 1.02 bits per heavy atom. The van der Waals surface area contributed by atoms with Crippen LogP contribution in [0.4, 0.5) is 0 Å². The zero-order valence-electron chi connectivity index (χ0n) is 31.7. The normalized spacial score (nSPS) is 11.7. The first-order chi connectivity index (χ1) is 28.1. The van der Waals surface area contributed by atoms with Crippen LogP contribution in [0, 0.1) is 0 Å². The van der Waals surface area contributed by atoms with Crippen LogP contribution in [0.15, 0.2) is 180 Å². The molecule has 0 saturated heterocycles. The fourth-order valence-electron chi connectivity index (χ4n) is 7.96. The number of fused-ring (bicyclic) bond motifs is 4. The summed E-state index contributed by atoms with van der Waals surface area (Å²) in [6.45, 7) is 4.19. The molecule has 10 rings (SSSR count). The van der Waals surface area contributed by atoms with E-state index in [1.807, 2.05) is 67.6 Å². The van der Waals surface area contributed by atoms with Gasteiger partial charge in [-0.25, -0.2) is 15.0 Å². The van der Waals surface area contributed by atoms with Gasteiger partial charge in [-0.3, -0.25) is 0 Å². The van der Waals surface area contributed by atoms with Gasteiger partial charge in [0.15, 0.2) is 17.5 Å². The van der Waals surface area contributed by atoms with Crippen LogP contribution in [0.3, 0.4) is 0 Å². The Labute approximate surface area is 331 Å². The van der Waals surface area contributed by atoms with Crippen molar-refractivity contribution >= 4 is 38.9 Å². The maximum atomic E-state index is 6.34. The number of hydrogen-bond acceptors (Lipinski definition) is 4. The molecule has 0 spiro atoms. The average Bonchev–Trinajstić information content (AvgIpc) is 3.81. The van der Waals surface area contributed by atoms with Gasteiger partial charge in [0.1, 0.15) is 11.3 Å². The third-order valence-corrected chi connectivity index (χ3v) is 10.7. The molecule has 5 heteroatoms. The van der Waals surface area contributed by atoms with Gasteiger partial charge >= 0.3 is 0 Å². The molecule has 10 aromatic rings. The van der Waals surface area contributed by atoms with Gasteiger partial charge in [0.25, 0.3) is 0 Å². The second kappa shape index (κ2) is 14.4. The minimum Gasteiger partial charge on any atom is -0.460 e. The van der Waals surface area contributed by atoms with E-state index in [-0.39, 0.29) is 0 Å². The van der Waals surface area contributed by atoms with Crippen molar-refractivity contribution in [2.45, 2.75) is 20.3 Å². The minimum absolute atomic E-state index is 0.640. The minimum atomic E-state index is 0.640. The molecule has 0 amide bonds. The lowest BCUT2D eigenvalue weighted by atomic mass is 10.0. The quantitative estimate of drug-likeness (QED) is 0.156. The number of para-hydroxylation sites is 1. The van der Waals surface area contributed by atoms with Crippen molar-refractivity contribution in [3.63, 3.8) is 0 Å². The summed E-state index contributed by atoms with van der Waals surface area (Å²) in [5, 5.41) is 3.58. The van der Waals surface area contributed by atoms with Crippen molar-refractivity contribution in [2.75, 3.05) is 0 Å². The third-order valence-electron chi connectivity index (χ3n) is 10.7. The summed E-state index contributed by atoms with van der Waals surface area (Å²) >= 11 is 0. The number of furan rings is 1. The smallest absolute Gasteiger partial charge is 0.164 e. The highest BCUT2D eigenvalue weighted by Gasteiger charge is 2.17. The van der Waals surface area contributed by atoms with Crippen molar-refractivity contribution in [1.29, 1.82) is 0 Å². The molecular formula is C52H38N4O. The number of aryl methyl sites for hydroxylation is 1. The Balaban J connectivity index is 1.01. The summed E-state index contributed by atoms with van der Waals surface area (Å²) in [6, 6.07) is 59.5. The largest absolute Gasteiger partial charge is 0.460 e. The molecule has 272 valence electrons. The number of allylic oxidation sites excluding steroid dienone is 1. The molecule has 0 radical (unpaired) electrons. The van der Waals surface area contributed by atoms with Crippen LogP contribution in [-0.2, 0) is 6.42 Å². The molecule has 0 aliphatic heterocycles. The van der Waals surface area contributed by atoms with Gasteiger partial charge in [-0.15, -0.1) is 0 Å². The van der Waals surface area contributed by atoms with Gasteiger partial charge in [-0.1, -0.05) is 146 Å². The van der Waals surface area contributed by atoms with Crippen LogP contribution < -0.4 is 0 Å². The third kappa shape index (κ3) is 6.20. The fourth-order valence-corrected chi connectivity index (χ4v) is 7.96. The highest BCUT2D eigenvalue weighted by atomic mass is 16.3. The molecule has 0 aliphatic rings. The lowest BCUT2D eigenvalue weighted by Gasteiger charge is -2.11. The zero-order chi connectivity index (χ0) is 38.3. The predicted molar refractivity (Wildman–Crippen MR) is 235 cm³/mol. The van der Waals surface area contributed by atoms with Crippen molar-refractivity contribution in [1.82, 2.24) is 19.5 Å². The lowest BCUT2D eigenvalue weighted by molar-refractivity contribution is 0.556. The van der Waals surface area contributed by atoms with E-state index < -0.39 is 0 Å². The van der Waals surface area contributed by atoms with Gasteiger partial charge in [0.05, 0.1) is 11.0 Å². The number of benzene rings is 7. The van der Waals surface area contributed by atoms with Crippen LogP contribution in [0.2, 0.25) is 0 Å². The number of aromatic nitrogens is 4. The predicted octanol–water partition coefficient (Wildman–Crippen LogP) is 13.6. The van der Waals surface area contributed by atoms with Gasteiger partial charge < -0.3 is 8.98 Å². The number of rotatable bonds is 8. The SMILES string of the molecule is C/C=C\c1c(CC)oc2cc(-c3ccc4c(c3)c3ccccc3n4-c3cccc(-c4ccc(-c5nc(-c6ccccc6)nc(-c6ccccc6)n5)cc4)c3)ccc12. The molecule has 0 bridgehead atoms. The summed E-state index contributed by atoms with van der Waals surface area (Å²) in [5.74, 6) is 2.96. The maximum Gasteiger partial charge on any atom is 0.164 e. The second-order valence-electron chi connectivity index (χ2n) is 14.3. The van der Waals surface area contributed by atoms with Gasteiger partial charge in [0.2, 0.25) is 0 Å². The molecule has 7 aromatic carbocycles. The summed E-state index contributed by atoms with van der Waals surface area (Å²) in [7, 11) is 0. The fraction of sp³-hybridized carbons (Fsp3) is 0.0577. The molecule has 0 fully saturated rings. The van der Waals surface area contributed by atoms with Crippen LogP contribution in [-0.4, -0.2) is 19.5 Å². The highest BCUT2D eigenvalue weighted by molar-refractivity contribution is 6.10. The summed E-state index contributed by atoms with van der Waals surface area (Å²) in [4.78, 5) is 14.7. The van der Waals surface area contributed by atoms with E-state index in [0.29, 0.717) is 17.5 Å². The van der Waals surface area contributed by atoms with E-state index >= 15 is 0 Å². The topological polar surface area (TPSA) is 56.7 Å². The van der Waals surface area contributed by atoms with Crippen molar-refractivity contribution in [3.05, 3.63) is 187 Å². The molecule has 5 nitrogen and oxygen atoms in total. The number of nitrogens with zero attached hydrogens (tertiary/aromatic N) is 4. The Morgan fingerprint density at radius 1 is 0.474 bits per heavy atom. The average molecular weight is 735 g/mol. The zero-order valence-corrected chi connectivity index (χ0v) is 31.7. The highest BCUT2D eigenvalue weighted by Crippen LogP contribution is 2.38. The molecule has 3 heterocycles. The first kappa shape index (κ1) is 34.1. The Kier molecular flexibility index (Phi) is 8.61. The Hall–Kier alpha value is -7.37. The monoisotopic (exact) mass is 734 g/mol. The Morgan fingerprint density at radius 3 is 1.70 bits per heavy atom. The molecule has 0 unspecified atom stereocenters. The first-order valence-corrected chi connectivity index (χ1v) is 19.4. The molecule has 0 atom stereocenters. The van der Waals surface area contributed by atoms with Crippen LogP contribution in [0.25, 0.3) is 101 Å². The standard InChI is InChI=1S/C52H38N4O/c1-3-14-43-44-29-27-40(33-49(44)57-48(43)4-2)39-28-30-47-45(32-39)42-21-11-12-22-46(42)56(47)41-20-13-19-38(31-41)34-23-25-37(26-24-34)52-54-50(35-15-7-5-8-16-35)53-51(55-52)36-17-9-6-10-18-36/h3,5-33H,4H2,1-2H3/b14-3-. The molecular weight excluding hydrogens is 697 g/mol. The van der Waals surface area contributed by atoms with Crippen molar-refractivity contribution < 1.29 is 4.42 Å². The van der Waals surface area contributed by atoms with E-state index in [2.05, 4.69) is 133 Å². The van der Waals surface area contributed by atoms with Gasteiger partial charge in [-0.2, -0.15) is 0 Å². The van der Waals surface area contributed by atoms with Gasteiger partial charge in [-0.05, 0) is 71.6 Å². The maximum absolute atomic E-state index is 6.34. The van der Waals surface area contributed by atoms with Gasteiger partial charge in [0, 0.05) is 50.5 Å². The van der Waals surface area contributed by atoms with E-state index in [0.717, 1.165) is 73.3 Å². The Bertz CT molecular complexity index is 3040. The molecule has 0 aliphatic carbocycles. The van der Waals surface area contributed by atoms with E-state index in [9.17, 15) is 0 Å². The second-order valence-corrected chi connectivity index (χ2v) is 14.3. The molecule has 0 saturated carbocycles. The molecule has 3 aromatic heterocycles. The van der Waals surface area contributed by atoms with Crippen molar-refractivity contribution in [2.24, 2.45) is 0 Å². The first-order valence-electron chi connectivity index (χ1n) is 19.4. The molecule has 0 N–H and O–H groups in total.